The maximum absolute atomic E-state index is 3.52. The minimum absolute atomic E-state index is 0. The fraction of sp³-hybridized carbons (Fsp3) is 0.636. The minimum atomic E-state index is 0. The van der Waals surface area contributed by atoms with Gasteiger partial charge in [0.25, 0.3) is 0 Å². The molecule has 0 heterocycles. The molecule has 0 spiro atoms. The Kier molecular flexibility index (Phi) is 14.3. The molecule has 2 rings (SSSR count). The summed E-state index contributed by atoms with van der Waals surface area (Å²) in [5.74, 6) is 0. The van der Waals surface area contributed by atoms with Crippen LogP contribution in [-0.2, 0) is 0 Å². The average molecular weight is 601 g/mol. The summed E-state index contributed by atoms with van der Waals surface area (Å²) >= 11 is 0. The van der Waals surface area contributed by atoms with Gasteiger partial charge in [-0.15, -0.1) is 13.8 Å². The molecule has 0 fully saturated rings. The van der Waals surface area contributed by atoms with Crippen molar-refractivity contribution in [2.45, 2.75) is 82.1 Å². The van der Waals surface area contributed by atoms with E-state index in [0.29, 0.717) is 0 Å². The third kappa shape index (κ3) is 7.07. The topological polar surface area (TPSA) is 0 Å². The van der Waals surface area contributed by atoms with Crippen LogP contribution in [0.5, 0.6) is 0 Å². The minimum Gasteiger partial charge on any atom is -1.00 e. The standard InChI is InChI=1S/2C11H17.2ClH.Th/c2*1-6-10-7-11(4,5)9(3)8(10)2;;;/h2*6H2,1-5H3;2*1H;/q2*-1;;;+4/p-2. The second-order valence-corrected chi connectivity index (χ2v) is 7.66. The van der Waals surface area contributed by atoms with Gasteiger partial charge in [-0.1, -0.05) is 79.1 Å². The predicted molar refractivity (Wildman–Crippen MR) is 98.4 cm³/mol. The van der Waals surface area contributed by atoms with Crippen LogP contribution in [0.1, 0.15) is 82.1 Å². The van der Waals surface area contributed by atoms with E-state index in [9.17, 15) is 0 Å². The van der Waals surface area contributed by atoms with Gasteiger partial charge >= 0.3 is 39.9 Å². The van der Waals surface area contributed by atoms with Crippen LogP contribution in [0, 0.1) is 62.9 Å². The van der Waals surface area contributed by atoms with Gasteiger partial charge in [0.2, 0.25) is 0 Å². The Morgan fingerprint density at radius 1 is 0.640 bits per heavy atom. The first-order chi connectivity index (χ1) is 9.97. The molecule has 0 aromatic heterocycles. The number of rotatable bonds is 2. The van der Waals surface area contributed by atoms with Crippen molar-refractivity contribution < 1.29 is 64.8 Å². The van der Waals surface area contributed by atoms with Gasteiger partial charge in [0, 0.05) is 0 Å². The fourth-order valence-electron chi connectivity index (χ4n) is 3.23. The van der Waals surface area contributed by atoms with E-state index < -0.39 is 0 Å². The molecule has 0 aromatic rings. The molecule has 2 aliphatic carbocycles. The molecule has 25 heavy (non-hydrogen) atoms. The Hall–Kier alpha value is 0.865. The summed E-state index contributed by atoms with van der Waals surface area (Å²) in [6.07, 6.45) is 9.28. The van der Waals surface area contributed by atoms with Gasteiger partial charge in [0.1, 0.15) is 0 Å². The molecule has 0 saturated carbocycles. The SMILES string of the molecule is CCC1=[C-]C(C)(C)C(C)=C1C.CCC1=[C-]C(C)(C)C(C)=C1C.[Cl-].[Cl-].[Th+4]. The van der Waals surface area contributed by atoms with Crippen molar-refractivity contribution in [2.75, 3.05) is 0 Å². The molecule has 0 bridgehead atoms. The Balaban J connectivity index is -0.000000346. The normalized spacial score (nSPS) is 19.8. The Labute approximate surface area is 201 Å². The van der Waals surface area contributed by atoms with Gasteiger partial charge in [-0.05, 0) is 0 Å². The Morgan fingerprint density at radius 2 is 0.880 bits per heavy atom. The summed E-state index contributed by atoms with van der Waals surface area (Å²) in [6, 6.07) is 0. The van der Waals surface area contributed by atoms with Gasteiger partial charge in [0.05, 0.1) is 0 Å². The van der Waals surface area contributed by atoms with Crippen molar-refractivity contribution in [3.8, 4) is 0 Å². The zero-order valence-corrected chi connectivity index (χ0v) is 23.3. The molecule has 0 aromatic carbocycles. The van der Waals surface area contributed by atoms with Crippen molar-refractivity contribution in [1.82, 2.24) is 0 Å². The number of allylic oxidation sites excluding steroid dienone is 8. The molecular weight excluding hydrogens is 567 g/mol. The van der Waals surface area contributed by atoms with Crippen LogP contribution in [0.3, 0.4) is 0 Å². The van der Waals surface area contributed by atoms with Crippen molar-refractivity contribution >= 4 is 0 Å². The second kappa shape index (κ2) is 11.6. The summed E-state index contributed by atoms with van der Waals surface area (Å²) < 4.78 is 0. The smallest absolute Gasteiger partial charge is 1.00 e. The van der Waals surface area contributed by atoms with Crippen molar-refractivity contribution in [3.63, 3.8) is 0 Å². The van der Waals surface area contributed by atoms with E-state index in [1.54, 1.807) is 0 Å². The molecule has 0 aliphatic heterocycles. The van der Waals surface area contributed by atoms with Crippen LogP contribution >= 0.6 is 0 Å². The number of halogens is 2. The molecule has 0 unspecified atom stereocenters. The van der Waals surface area contributed by atoms with Gasteiger partial charge in [-0.25, -0.2) is 11.1 Å². The molecule has 2 aliphatic rings. The Morgan fingerprint density at radius 3 is 0.960 bits per heavy atom. The third-order valence-electron chi connectivity index (χ3n) is 5.54. The van der Waals surface area contributed by atoms with Crippen molar-refractivity contribution in [2.24, 2.45) is 10.8 Å². The van der Waals surface area contributed by atoms with Crippen LogP contribution in [-0.4, -0.2) is 0 Å². The number of hydrogen-bond donors (Lipinski definition) is 0. The maximum atomic E-state index is 3.52. The summed E-state index contributed by atoms with van der Waals surface area (Å²) in [5.41, 5.74) is 9.07. The first-order valence-corrected chi connectivity index (χ1v) is 8.62. The van der Waals surface area contributed by atoms with E-state index in [4.69, 9.17) is 0 Å². The molecule has 0 N–H and O–H groups in total. The zero-order valence-electron chi connectivity index (χ0n) is 17.7. The quantitative estimate of drug-likeness (QED) is 0.415. The van der Waals surface area contributed by atoms with Gasteiger partial charge in [-0.2, -0.15) is 22.3 Å². The van der Waals surface area contributed by atoms with Gasteiger partial charge in [-0.3, -0.25) is 12.2 Å². The molecule has 0 amide bonds. The average Bonchev–Trinajstić information content (AvgIpc) is 2.78. The molecule has 0 saturated heterocycles. The molecule has 140 valence electrons. The molecule has 0 atom stereocenters. The molecule has 0 nitrogen and oxygen atoms in total. The first kappa shape index (κ1) is 30.6. The van der Waals surface area contributed by atoms with Crippen LogP contribution in [0.25, 0.3) is 0 Å². The zero-order chi connectivity index (χ0) is 17.3. The van der Waals surface area contributed by atoms with Gasteiger partial charge < -0.3 is 24.8 Å². The van der Waals surface area contributed by atoms with E-state index in [-0.39, 0.29) is 75.6 Å². The van der Waals surface area contributed by atoms with Crippen molar-refractivity contribution in [3.05, 3.63) is 45.6 Å². The summed E-state index contributed by atoms with van der Waals surface area (Å²) in [6.45, 7) is 22.1. The van der Waals surface area contributed by atoms with E-state index in [1.165, 1.54) is 33.4 Å². The first-order valence-electron chi connectivity index (χ1n) is 8.62. The Bertz CT molecular complexity index is 521. The largest absolute Gasteiger partial charge is 4.00 e. The van der Waals surface area contributed by atoms with Crippen LogP contribution in [0.15, 0.2) is 33.4 Å². The molecule has 0 radical (unpaired) electrons. The maximum Gasteiger partial charge on any atom is 4.00 e. The van der Waals surface area contributed by atoms with E-state index in [0.717, 1.165) is 12.8 Å². The predicted octanol–water partition coefficient (Wildman–Crippen LogP) is 1.01. The van der Waals surface area contributed by atoms with E-state index >= 15 is 0 Å². The second-order valence-electron chi connectivity index (χ2n) is 7.66. The number of hydrogen-bond acceptors (Lipinski definition) is 0. The summed E-state index contributed by atoms with van der Waals surface area (Å²) in [5, 5.41) is 0. The monoisotopic (exact) mass is 600 g/mol. The van der Waals surface area contributed by atoms with Crippen molar-refractivity contribution in [1.29, 1.82) is 0 Å². The molecule has 3 heteroatoms. The summed E-state index contributed by atoms with van der Waals surface area (Å²) in [7, 11) is 0. The van der Waals surface area contributed by atoms with Gasteiger partial charge in [0.15, 0.2) is 0 Å². The van der Waals surface area contributed by atoms with E-state index in [2.05, 4.69) is 81.4 Å². The fourth-order valence-corrected chi connectivity index (χ4v) is 3.23. The third-order valence-corrected chi connectivity index (χ3v) is 5.54. The molecular formula is C22H34Cl2Th. The van der Waals surface area contributed by atoms with Crippen LogP contribution in [0.4, 0.5) is 0 Å². The van der Waals surface area contributed by atoms with E-state index in [1.807, 2.05) is 0 Å². The summed E-state index contributed by atoms with van der Waals surface area (Å²) in [4.78, 5) is 0. The van der Waals surface area contributed by atoms with Crippen LogP contribution < -0.4 is 24.8 Å². The van der Waals surface area contributed by atoms with Crippen LogP contribution in [0.2, 0.25) is 0 Å².